The van der Waals surface area contributed by atoms with Gasteiger partial charge in [0, 0.05) is 33.2 Å². The maximum atomic E-state index is 6.58. The van der Waals surface area contributed by atoms with Crippen molar-refractivity contribution in [2.75, 3.05) is 4.90 Å². The fourth-order valence-corrected chi connectivity index (χ4v) is 8.50. The van der Waals surface area contributed by atoms with Crippen LogP contribution in [-0.4, -0.2) is 0 Å². The average Bonchev–Trinajstić information content (AvgIpc) is 3.67. The fraction of sp³-hybridized carbons (Fsp3) is 0. The molecule has 0 radical (unpaired) electrons. The maximum absolute atomic E-state index is 6.58. The second kappa shape index (κ2) is 13.2. The predicted molar refractivity (Wildman–Crippen MR) is 237 cm³/mol. The Morgan fingerprint density at radius 1 is 0.304 bits per heavy atom. The molecule has 262 valence electrons. The zero-order chi connectivity index (χ0) is 37.0. The van der Waals surface area contributed by atoms with Crippen molar-refractivity contribution in [3.8, 4) is 33.4 Å². The van der Waals surface area contributed by atoms with Gasteiger partial charge in [-0.15, -0.1) is 0 Å². The Morgan fingerprint density at radius 3 is 1.68 bits per heavy atom. The van der Waals surface area contributed by atoms with Crippen LogP contribution in [0.5, 0.6) is 0 Å². The SMILES string of the molecule is c1ccc(-c2cccc(N(c3ccc(-c4ccc5c(ccc6ccccc65)c4)cc3)c3cccc(-c4cccc5oc6c7ccccc7ccc6c45)c3)c2)cc1. The van der Waals surface area contributed by atoms with E-state index in [1.807, 2.05) is 0 Å². The minimum atomic E-state index is 0.893. The Balaban J connectivity index is 1.04. The van der Waals surface area contributed by atoms with E-state index < -0.39 is 0 Å². The van der Waals surface area contributed by atoms with Crippen molar-refractivity contribution in [3.63, 3.8) is 0 Å². The number of furan rings is 1. The molecule has 56 heavy (non-hydrogen) atoms. The number of hydrogen-bond acceptors (Lipinski definition) is 2. The first-order chi connectivity index (χ1) is 27.7. The normalized spacial score (nSPS) is 11.6. The molecule has 0 bridgehead atoms. The number of anilines is 3. The van der Waals surface area contributed by atoms with Crippen LogP contribution in [0.25, 0.3) is 87.6 Å². The van der Waals surface area contributed by atoms with Gasteiger partial charge in [0.1, 0.15) is 11.2 Å². The lowest BCUT2D eigenvalue weighted by molar-refractivity contribution is 0.673. The smallest absolute Gasteiger partial charge is 0.143 e. The third-order valence-electron chi connectivity index (χ3n) is 11.2. The summed E-state index contributed by atoms with van der Waals surface area (Å²) in [6, 6.07) is 76.5. The van der Waals surface area contributed by atoms with Gasteiger partial charge in [0.15, 0.2) is 0 Å². The van der Waals surface area contributed by atoms with Crippen LogP contribution in [0.4, 0.5) is 17.1 Å². The minimum absolute atomic E-state index is 0.893. The first-order valence-electron chi connectivity index (χ1n) is 19.2. The topological polar surface area (TPSA) is 16.4 Å². The molecule has 0 fully saturated rings. The summed E-state index contributed by atoms with van der Waals surface area (Å²) >= 11 is 0. The van der Waals surface area contributed by atoms with Crippen molar-refractivity contribution < 1.29 is 4.42 Å². The zero-order valence-corrected chi connectivity index (χ0v) is 30.6. The molecular formula is C54H35NO. The zero-order valence-electron chi connectivity index (χ0n) is 30.6. The molecule has 0 spiro atoms. The molecule has 0 N–H and O–H groups in total. The maximum Gasteiger partial charge on any atom is 0.143 e. The van der Waals surface area contributed by atoms with E-state index in [1.165, 1.54) is 49.2 Å². The Hall–Kier alpha value is -7.42. The molecule has 2 heteroatoms. The number of rotatable bonds is 6. The van der Waals surface area contributed by atoms with E-state index >= 15 is 0 Å². The third-order valence-corrected chi connectivity index (χ3v) is 11.2. The first kappa shape index (κ1) is 32.0. The van der Waals surface area contributed by atoms with Crippen LogP contribution >= 0.6 is 0 Å². The summed E-state index contributed by atoms with van der Waals surface area (Å²) in [6.07, 6.45) is 0. The number of nitrogens with zero attached hydrogens (tertiary/aromatic N) is 1. The Bertz CT molecular complexity index is 3250. The molecule has 0 amide bonds. The summed E-state index contributed by atoms with van der Waals surface area (Å²) in [6.45, 7) is 0. The van der Waals surface area contributed by atoms with Gasteiger partial charge in [0.05, 0.1) is 0 Å². The van der Waals surface area contributed by atoms with E-state index in [9.17, 15) is 0 Å². The molecule has 0 saturated carbocycles. The van der Waals surface area contributed by atoms with Crippen LogP contribution in [-0.2, 0) is 0 Å². The third kappa shape index (κ3) is 5.42. The van der Waals surface area contributed by atoms with Gasteiger partial charge in [0.25, 0.3) is 0 Å². The molecule has 0 aliphatic heterocycles. The molecular weight excluding hydrogens is 679 g/mol. The van der Waals surface area contributed by atoms with Gasteiger partial charge < -0.3 is 9.32 Å². The molecule has 0 unspecified atom stereocenters. The highest BCUT2D eigenvalue weighted by molar-refractivity contribution is 6.19. The highest BCUT2D eigenvalue weighted by Crippen LogP contribution is 2.43. The van der Waals surface area contributed by atoms with E-state index in [1.54, 1.807) is 0 Å². The number of hydrogen-bond donors (Lipinski definition) is 0. The van der Waals surface area contributed by atoms with Crippen LogP contribution < -0.4 is 4.90 Å². The fourth-order valence-electron chi connectivity index (χ4n) is 8.50. The summed E-state index contributed by atoms with van der Waals surface area (Å²) < 4.78 is 6.58. The van der Waals surface area contributed by atoms with E-state index in [0.29, 0.717) is 0 Å². The number of benzene rings is 10. The first-order valence-corrected chi connectivity index (χ1v) is 19.2. The van der Waals surface area contributed by atoms with Crippen molar-refractivity contribution in [2.24, 2.45) is 0 Å². The van der Waals surface area contributed by atoms with Crippen molar-refractivity contribution in [1.82, 2.24) is 0 Å². The van der Waals surface area contributed by atoms with E-state index in [4.69, 9.17) is 4.42 Å². The second-order valence-electron chi connectivity index (χ2n) is 14.5. The molecule has 0 atom stereocenters. The van der Waals surface area contributed by atoms with E-state index in [2.05, 4.69) is 217 Å². The predicted octanol–water partition coefficient (Wildman–Crippen LogP) is 15.5. The molecule has 1 aromatic heterocycles. The minimum Gasteiger partial charge on any atom is -0.455 e. The van der Waals surface area contributed by atoms with E-state index in [-0.39, 0.29) is 0 Å². The van der Waals surface area contributed by atoms with Crippen LogP contribution in [0.3, 0.4) is 0 Å². The molecule has 0 aliphatic rings. The molecule has 11 aromatic rings. The van der Waals surface area contributed by atoms with Gasteiger partial charge in [-0.3, -0.25) is 0 Å². The van der Waals surface area contributed by atoms with Gasteiger partial charge >= 0.3 is 0 Å². The summed E-state index contributed by atoms with van der Waals surface area (Å²) in [5.41, 5.74) is 12.1. The Morgan fingerprint density at radius 2 is 0.857 bits per heavy atom. The molecule has 0 aliphatic carbocycles. The standard InChI is InChI=1S/C54H35NO/c1-2-11-36(12-3-1)40-15-8-17-45(34-40)55(44-29-25-37(26-30-44)41-28-31-48-43(33-41)24-23-38-13-4-6-19-47(38)48)46-18-9-16-42(35-46)49-21-10-22-52-53(49)51-32-27-39-14-5-7-20-50(39)54(51)56-52/h1-35H. The van der Waals surface area contributed by atoms with Gasteiger partial charge in [0.2, 0.25) is 0 Å². The van der Waals surface area contributed by atoms with Crippen molar-refractivity contribution in [1.29, 1.82) is 0 Å². The van der Waals surface area contributed by atoms with Gasteiger partial charge in [-0.05, 0) is 115 Å². The largest absolute Gasteiger partial charge is 0.455 e. The summed E-state index contributed by atoms with van der Waals surface area (Å²) in [5.74, 6) is 0. The summed E-state index contributed by atoms with van der Waals surface area (Å²) in [5, 5.41) is 9.65. The van der Waals surface area contributed by atoms with Gasteiger partial charge in [-0.25, -0.2) is 0 Å². The second-order valence-corrected chi connectivity index (χ2v) is 14.5. The highest BCUT2D eigenvalue weighted by atomic mass is 16.3. The lowest BCUT2D eigenvalue weighted by Gasteiger charge is -2.27. The quantitative estimate of drug-likeness (QED) is 0.160. The van der Waals surface area contributed by atoms with Crippen LogP contribution in [0.15, 0.2) is 217 Å². The van der Waals surface area contributed by atoms with Gasteiger partial charge in [-0.2, -0.15) is 0 Å². The van der Waals surface area contributed by atoms with Crippen molar-refractivity contribution in [3.05, 3.63) is 212 Å². The summed E-state index contributed by atoms with van der Waals surface area (Å²) in [7, 11) is 0. The molecule has 11 rings (SSSR count). The van der Waals surface area contributed by atoms with Gasteiger partial charge in [-0.1, -0.05) is 158 Å². The van der Waals surface area contributed by atoms with Crippen LogP contribution in [0, 0.1) is 0 Å². The molecule has 10 aromatic carbocycles. The van der Waals surface area contributed by atoms with Crippen LogP contribution in [0.1, 0.15) is 0 Å². The summed E-state index contributed by atoms with van der Waals surface area (Å²) in [4.78, 5) is 2.37. The Labute approximate surface area is 325 Å². The lowest BCUT2D eigenvalue weighted by atomic mass is 9.97. The van der Waals surface area contributed by atoms with E-state index in [0.717, 1.165) is 55.5 Å². The lowest BCUT2D eigenvalue weighted by Crippen LogP contribution is -2.10. The number of fused-ring (bicyclic) bond motifs is 8. The average molecular weight is 714 g/mol. The van der Waals surface area contributed by atoms with Crippen molar-refractivity contribution >= 4 is 71.3 Å². The monoisotopic (exact) mass is 713 g/mol. The van der Waals surface area contributed by atoms with Crippen molar-refractivity contribution in [2.45, 2.75) is 0 Å². The Kier molecular flexibility index (Phi) is 7.53. The highest BCUT2D eigenvalue weighted by Gasteiger charge is 2.18. The molecule has 2 nitrogen and oxygen atoms in total. The molecule has 0 saturated heterocycles. The molecule has 1 heterocycles. The van der Waals surface area contributed by atoms with Crippen LogP contribution in [0.2, 0.25) is 0 Å².